The molecule has 20 heavy (non-hydrogen) atoms. The highest BCUT2D eigenvalue weighted by atomic mass is 16.2. The van der Waals surface area contributed by atoms with Crippen LogP contribution >= 0.6 is 0 Å². The van der Waals surface area contributed by atoms with E-state index in [9.17, 15) is 9.59 Å². The SMILES string of the molecule is CCC(=O)N1CCCN(C(=O)C2CCCCCN2)CC1. The predicted molar refractivity (Wildman–Crippen MR) is 78.3 cm³/mol. The van der Waals surface area contributed by atoms with Crippen LogP contribution in [0.4, 0.5) is 0 Å². The van der Waals surface area contributed by atoms with Gasteiger partial charge in [0.15, 0.2) is 0 Å². The predicted octanol–water partition coefficient (Wildman–Crippen LogP) is 0.989. The molecule has 2 heterocycles. The summed E-state index contributed by atoms with van der Waals surface area (Å²) in [5, 5.41) is 3.37. The van der Waals surface area contributed by atoms with Crippen molar-refractivity contribution < 1.29 is 9.59 Å². The first-order chi connectivity index (χ1) is 9.72. The zero-order chi connectivity index (χ0) is 14.4. The molecule has 0 aromatic rings. The number of nitrogens with zero attached hydrogens (tertiary/aromatic N) is 2. The third-order valence-corrected chi connectivity index (χ3v) is 4.32. The van der Waals surface area contributed by atoms with E-state index in [1.165, 1.54) is 12.8 Å². The highest BCUT2D eigenvalue weighted by Gasteiger charge is 2.27. The summed E-state index contributed by atoms with van der Waals surface area (Å²) in [4.78, 5) is 28.2. The Bertz CT molecular complexity index is 338. The van der Waals surface area contributed by atoms with E-state index in [0.717, 1.165) is 38.9 Å². The van der Waals surface area contributed by atoms with Gasteiger partial charge in [-0.1, -0.05) is 19.8 Å². The molecule has 2 fully saturated rings. The third kappa shape index (κ3) is 3.95. The van der Waals surface area contributed by atoms with Crippen molar-refractivity contribution in [3.05, 3.63) is 0 Å². The van der Waals surface area contributed by atoms with Crippen LogP contribution in [0.25, 0.3) is 0 Å². The summed E-state index contributed by atoms with van der Waals surface area (Å²) in [6.07, 6.45) is 5.92. The molecule has 2 aliphatic rings. The number of amides is 2. The van der Waals surface area contributed by atoms with Gasteiger partial charge in [-0.25, -0.2) is 0 Å². The molecule has 0 aromatic carbocycles. The van der Waals surface area contributed by atoms with Gasteiger partial charge in [0.2, 0.25) is 11.8 Å². The molecule has 5 heteroatoms. The molecule has 0 bridgehead atoms. The fraction of sp³-hybridized carbons (Fsp3) is 0.867. The second kappa shape index (κ2) is 7.62. The van der Waals surface area contributed by atoms with Gasteiger partial charge in [-0.2, -0.15) is 0 Å². The lowest BCUT2D eigenvalue weighted by Crippen LogP contribution is -2.47. The lowest BCUT2D eigenvalue weighted by Gasteiger charge is -2.26. The first-order valence-electron chi connectivity index (χ1n) is 8.02. The van der Waals surface area contributed by atoms with Crippen molar-refractivity contribution >= 4 is 11.8 Å². The maximum absolute atomic E-state index is 12.6. The molecule has 2 amide bonds. The van der Waals surface area contributed by atoms with E-state index in [1.807, 2.05) is 16.7 Å². The van der Waals surface area contributed by atoms with E-state index in [2.05, 4.69) is 5.32 Å². The van der Waals surface area contributed by atoms with Crippen LogP contribution in [0.5, 0.6) is 0 Å². The molecule has 0 aliphatic carbocycles. The summed E-state index contributed by atoms with van der Waals surface area (Å²) in [5.74, 6) is 0.435. The van der Waals surface area contributed by atoms with E-state index >= 15 is 0 Å². The van der Waals surface area contributed by atoms with Crippen molar-refractivity contribution in [1.29, 1.82) is 0 Å². The van der Waals surface area contributed by atoms with Crippen LogP contribution in [0.3, 0.4) is 0 Å². The van der Waals surface area contributed by atoms with Gasteiger partial charge in [-0.3, -0.25) is 9.59 Å². The standard InChI is InChI=1S/C15H27N3O2/c1-2-14(19)17-9-6-10-18(12-11-17)15(20)13-7-4-3-5-8-16-13/h13,16H,2-12H2,1H3. The number of hydrogen-bond donors (Lipinski definition) is 1. The Morgan fingerprint density at radius 3 is 2.55 bits per heavy atom. The Balaban J connectivity index is 1.88. The van der Waals surface area contributed by atoms with E-state index < -0.39 is 0 Å². The van der Waals surface area contributed by atoms with Crippen molar-refractivity contribution in [1.82, 2.24) is 15.1 Å². The number of rotatable bonds is 2. The van der Waals surface area contributed by atoms with Crippen molar-refractivity contribution in [2.45, 2.75) is 51.5 Å². The van der Waals surface area contributed by atoms with Gasteiger partial charge in [0.25, 0.3) is 0 Å². The maximum Gasteiger partial charge on any atom is 0.239 e. The smallest absolute Gasteiger partial charge is 0.239 e. The van der Waals surface area contributed by atoms with Gasteiger partial charge in [0.05, 0.1) is 6.04 Å². The number of carbonyl (C=O) groups is 2. The molecule has 0 saturated carbocycles. The second-order valence-electron chi connectivity index (χ2n) is 5.77. The first-order valence-corrected chi connectivity index (χ1v) is 8.02. The Kier molecular flexibility index (Phi) is 5.83. The van der Waals surface area contributed by atoms with Crippen LogP contribution < -0.4 is 5.32 Å². The van der Waals surface area contributed by atoms with Gasteiger partial charge in [-0.05, 0) is 25.8 Å². The zero-order valence-electron chi connectivity index (χ0n) is 12.6. The van der Waals surface area contributed by atoms with E-state index in [0.29, 0.717) is 19.5 Å². The molecule has 0 aromatic heterocycles. The largest absolute Gasteiger partial charge is 0.341 e. The minimum Gasteiger partial charge on any atom is -0.341 e. The topological polar surface area (TPSA) is 52.7 Å². The number of carbonyl (C=O) groups excluding carboxylic acids is 2. The molecule has 2 saturated heterocycles. The first kappa shape index (κ1) is 15.3. The molecule has 2 aliphatic heterocycles. The lowest BCUT2D eigenvalue weighted by atomic mass is 10.1. The fourth-order valence-corrected chi connectivity index (χ4v) is 3.07. The Morgan fingerprint density at radius 1 is 1.00 bits per heavy atom. The van der Waals surface area contributed by atoms with E-state index in [4.69, 9.17) is 0 Å². The van der Waals surface area contributed by atoms with Crippen molar-refractivity contribution in [2.75, 3.05) is 32.7 Å². The Hall–Kier alpha value is -1.10. The highest BCUT2D eigenvalue weighted by molar-refractivity contribution is 5.82. The summed E-state index contributed by atoms with van der Waals surface area (Å²) in [6.45, 7) is 5.78. The molecule has 2 rings (SSSR count). The van der Waals surface area contributed by atoms with Crippen LogP contribution in [-0.2, 0) is 9.59 Å². The lowest BCUT2D eigenvalue weighted by molar-refractivity contribution is -0.134. The monoisotopic (exact) mass is 281 g/mol. The van der Waals surface area contributed by atoms with Gasteiger partial charge in [0.1, 0.15) is 0 Å². The highest BCUT2D eigenvalue weighted by Crippen LogP contribution is 2.13. The molecule has 0 radical (unpaired) electrons. The van der Waals surface area contributed by atoms with Gasteiger partial charge >= 0.3 is 0 Å². The van der Waals surface area contributed by atoms with Crippen LogP contribution in [0.2, 0.25) is 0 Å². The van der Waals surface area contributed by atoms with Crippen LogP contribution in [0.15, 0.2) is 0 Å². The maximum atomic E-state index is 12.6. The minimum atomic E-state index is -0.00840. The molecule has 0 spiro atoms. The fourth-order valence-electron chi connectivity index (χ4n) is 3.07. The van der Waals surface area contributed by atoms with Crippen molar-refractivity contribution in [3.8, 4) is 0 Å². The number of nitrogens with one attached hydrogen (secondary N) is 1. The quantitative estimate of drug-likeness (QED) is 0.821. The normalized spacial score (nSPS) is 24.9. The molecule has 1 atom stereocenters. The molecule has 1 unspecified atom stereocenters. The number of hydrogen-bond acceptors (Lipinski definition) is 3. The summed E-state index contributed by atoms with van der Waals surface area (Å²) < 4.78 is 0. The summed E-state index contributed by atoms with van der Waals surface area (Å²) in [5.41, 5.74) is 0. The minimum absolute atomic E-state index is 0.00840. The molecular weight excluding hydrogens is 254 g/mol. The van der Waals surface area contributed by atoms with Crippen LogP contribution in [0.1, 0.15) is 45.4 Å². The average molecular weight is 281 g/mol. The van der Waals surface area contributed by atoms with Gasteiger partial charge in [0, 0.05) is 32.6 Å². The van der Waals surface area contributed by atoms with Crippen molar-refractivity contribution in [2.24, 2.45) is 0 Å². The van der Waals surface area contributed by atoms with Crippen LogP contribution in [0, 0.1) is 0 Å². The van der Waals surface area contributed by atoms with Gasteiger partial charge < -0.3 is 15.1 Å². The zero-order valence-corrected chi connectivity index (χ0v) is 12.6. The molecular formula is C15H27N3O2. The van der Waals surface area contributed by atoms with Crippen LogP contribution in [-0.4, -0.2) is 60.4 Å². The third-order valence-electron chi connectivity index (χ3n) is 4.32. The Morgan fingerprint density at radius 2 is 1.75 bits per heavy atom. The van der Waals surface area contributed by atoms with E-state index in [-0.39, 0.29) is 17.9 Å². The second-order valence-corrected chi connectivity index (χ2v) is 5.77. The summed E-state index contributed by atoms with van der Waals surface area (Å²) in [7, 11) is 0. The molecule has 5 nitrogen and oxygen atoms in total. The van der Waals surface area contributed by atoms with Gasteiger partial charge in [-0.15, -0.1) is 0 Å². The summed E-state index contributed by atoms with van der Waals surface area (Å²) in [6, 6.07) is -0.00840. The average Bonchev–Trinajstić information content (AvgIpc) is 2.88. The van der Waals surface area contributed by atoms with E-state index in [1.54, 1.807) is 0 Å². The molecule has 114 valence electrons. The van der Waals surface area contributed by atoms with Crippen molar-refractivity contribution in [3.63, 3.8) is 0 Å². The summed E-state index contributed by atoms with van der Waals surface area (Å²) >= 11 is 0. The Labute approximate surface area is 121 Å². The molecule has 1 N–H and O–H groups in total.